The fourth-order valence-electron chi connectivity index (χ4n) is 4.36. The Balaban J connectivity index is 1.32. The predicted molar refractivity (Wildman–Crippen MR) is 112 cm³/mol. The van der Waals surface area contributed by atoms with Crippen LogP contribution in [-0.4, -0.2) is 58.1 Å². The van der Waals surface area contributed by atoms with Gasteiger partial charge in [-0.05, 0) is 42.6 Å². The number of aromatic nitrogens is 3. The highest BCUT2D eigenvalue weighted by atomic mass is 16.1. The Kier molecular flexibility index (Phi) is 4.67. The highest BCUT2D eigenvalue weighted by molar-refractivity contribution is 5.95. The summed E-state index contributed by atoms with van der Waals surface area (Å²) in [6.07, 6.45) is 3.79. The van der Waals surface area contributed by atoms with Gasteiger partial charge >= 0.3 is 0 Å². The topological polar surface area (TPSA) is 65.8 Å². The molecule has 7 nitrogen and oxygen atoms in total. The second-order valence-corrected chi connectivity index (χ2v) is 7.81. The molecule has 3 aromatic rings. The van der Waals surface area contributed by atoms with Crippen molar-refractivity contribution >= 4 is 17.5 Å². The minimum Gasteiger partial charge on any atom is -0.345 e. The van der Waals surface area contributed by atoms with Crippen LogP contribution in [0.4, 0.5) is 5.95 Å². The number of nitrogens with zero attached hydrogens (tertiary/aromatic N) is 5. The smallest absolute Gasteiger partial charge is 0.251 e. The maximum Gasteiger partial charge on any atom is 0.251 e. The van der Waals surface area contributed by atoms with E-state index in [4.69, 9.17) is 0 Å². The number of benzene rings is 1. The molecule has 1 aliphatic carbocycles. The van der Waals surface area contributed by atoms with Crippen molar-refractivity contribution in [3.63, 3.8) is 0 Å². The molecule has 1 fully saturated rings. The number of nitrogens with one attached hydrogen (secondary N) is 1. The number of pyridine rings is 1. The summed E-state index contributed by atoms with van der Waals surface area (Å²) in [7, 11) is 0. The summed E-state index contributed by atoms with van der Waals surface area (Å²) in [6.45, 7) is 7.19. The Hall–Kier alpha value is -2.93. The van der Waals surface area contributed by atoms with Crippen LogP contribution < -0.4 is 10.2 Å². The summed E-state index contributed by atoms with van der Waals surface area (Å²) in [5, 5.41) is 7.79. The molecule has 1 atom stereocenters. The van der Waals surface area contributed by atoms with Gasteiger partial charge in [-0.15, -0.1) is 5.10 Å². The Morgan fingerprint density at radius 2 is 2.00 bits per heavy atom. The first-order valence-electron chi connectivity index (χ1n) is 10.4. The van der Waals surface area contributed by atoms with Crippen LogP contribution in [0.2, 0.25) is 0 Å². The molecule has 1 amide bonds. The molecule has 29 heavy (non-hydrogen) atoms. The number of anilines is 1. The zero-order chi connectivity index (χ0) is 19.8. The maximum atomic E-state index is 12.8. The molecular formula is C22H26N6O. The molecule has 0 saturated carbocycles. The van der Waals surface area contributed by atoms with Crippen molar-refractivity contribution in [2.45, 2.75) is 25.8 Å². The summed E-state index contributed by atoms with van der Waals surface area (Å²) in [5.74, 6) is 0.679. The molecule has 0 spiro atoms. The minimum atomic E-state index is -0.0599. The van der Waals surface area contributed by atoms with E-state index in [-0.39, 0.29) is 11.9 Å². The van der Waals surface area contributed by atoms with Crippen LogP contribution in [0.15, 0.2) is 42.6 Å². The van der Waals surface area contributed by atoms with Crippen molar-refractivity contribution in [1.29, 1.82) is 0 Å². The second-order valence-electron chi connectivity index (χ2n) is 7.81. The lowest BCUT2D eigenvalue weighted by molar-refractivity contribution is 0.0936. The Morgan fingerprint density at radius 3 is 2.83 bits per heavy atom. The van der Waals surface area contributed by atoms with Gasteiger partial charge in [-0.25, -0.2) is 4.52 Å². The van der Waals surface area contributed by atoms with Gasteiger partial charge in [0.05, 0.1) is 6.04 Å². The van der Waals surface area contributed by atoms with Crippen molar-refractivity contribution in [1.82, 2.24) is 24.8 Å². The van der Waals surface area contributed by atoms with Crippen LogP contribution in [0, 0.1) is 0 Å². The number of rotatable bonds is 4. The van der Waals surface area contributed by atoms with E-state index in [0.717, 1.165) is 51.5 Å². The van der Waals surface area contributed by atoms with E-state index < -0.39 is 0 Å². The summed E-state index contributed by atoms with van der Waals surface area (Å²) in [4.78, 5) is 22.2. The molecule has 1 saturated heterocycles. The monoisotopic (exact) mass is 390 g/mol. The largest absolute Gasteiger partial charge is 0.345 e. The summed E-state index contributed by atoms with van der Waals surface area (Å²) >= 11 is 0. The van der Waals surface area contributed by atoms with Crippen molar-refractivity contribution in [3.05, 3.63) is 59.3 Å². The Labute approximate surface area is 170 Å². The summed E-state index contributed by atoms with van der Waals surface area (Å²) < 4.78 is 1.75. The third-order valence-electron chi connectivity index (χ3n) is 6.13. The molecule has 2 aliphatic rings. The zero-order valence-electron chi connectivity index (χ0n) is 16.7. The molecular weight excluding hydrogens is 364 g/mol. The van der Waals surface area contributed by atoms with Crippen molar-refractivity contribution < 1.29 is 4.79 Å². The number of hydrogen-bond acceptors (Lipinski definition) is 5. The van der Waals surface area contributed by atoms with E-state index in [2.05, 4.69) is 50.3 Å². The number of amides is 1. The van der Waals surface area contributed by atoms with Crippen LogP contribution in [0.25, 0.3) is 5.65 Å². The van der Waals surface area contributed by atoms with Gasteiger partial charge in [-0.1, -0.05) is 31.2 Å². The summed E-state index contributed by atoms with van der Waals surface area (Å²) in [6, 6.07) is 12.1. The number of hydrogen-bond donors (Lipinski definition) is 1. The standard InChI is InChI=1S/C22H26N6O/c1-2-26-11-13-27(14-12-26)22-24-20-15-17(9-10-28(20)25-22)21(29)23-19-8-7-16-5-3-4-6-18(16)19/h3-6,9-10,15,19H,2,7-8,11-14H2,1H3,(H,23,29)/t19-/m0/s1. The molecule has 2 aromatic heterocycles. The van der Waals surface area contributed by atoms with Gasteiger partial charge in [-0.3, -0.25) is 4.79 Å². The van der Waals surface area contributed by atoms with Gasteiger partial charge in [-0.2, -0.15) is 4.98 Å². The number of likely N-dealkylation sites (N-methyl/N-ethyl adjacent to an activating group) is 1. The number of fused-ring (bicyclic) bond motifs is 2. The van der Waals surface area contributed by atoms with E-state index in [1.54, 1.807) is 4.52 Å². The maximum absolute atomic E-state index is 12.8. The molecule has 0 unspecified atom stereocenters. The molecule has 1 N–H and O–H groups in total. The highest BCUT2D eigenvalue weighted by Crippen LogP contribution is 2.30. The Bertz CT molecular complexity index is 1040. The zero-order valence-corrected chi connectivity index (χ0v) is 16.7. The molecule has 3 heterocycles. The van der Waals surface area contributed by atoms with E-state index in [0.29, 0.717) is 11.2 Å². The molecule has 5 rings (SSSR count). The molecule has 0 bridgehead atoms. The molecule has 1 aromatic carbocycles. The van der Waals surface area contributed by atoms with Gasteiger partial charge < -0.3 is 15.1 Å². The number of carbonyl (C=O) groups is 1. The second kappa shape index (κ2) is 7.48. The van der Waals surface area contributed by atoms with Gasteiger partial charge in [0.15, 0.2) is 5.65 Å². The fraction of sp³-hybridized carbons (Fsp3) is 0.409. The third kappa shape index (κ3) is 3.46. The minimum absolute atomic E-state index is 0.0599. The van der Waals surface area contributed by atoms with E-state index >= 15 is 0 Å². The number of piperazine rings is 1. The quantitative estimate of drug-likeness (QED) is 0.740. The van der Waals surface area contributed by atoms with Gasteiger partial charge in [0.2, 0.25) is 5.95 Å². The lowest BCUT2D eigenvalue weighted by Crippen LogP contribution is -2.46. The van der Waals surface area contributed by atoms with Crippen molar-refractivity contribution in [3.8, 4) is 0 Å². The van der Waals surface area contributed by atoms with E-state index in [1.165, 1.54) is 11.1 Å². The van der Waals surface area contributed by atoms with Crippen LogP contribution in [-0.2, 0) is 6.42 Å². The van der Waals surface area contributed by atoms with Crippen LogP contribution in [0.3, 0.4) is 0 Å². The SMILES string of the molecule is CCN1CCN(c2nc3cc(C(=O)N[C@H]4CCc5ccccc54)ccn3n2)CC1. The van der Waals surface area contributed by atoms with Crippen LogP contribution in [0.5, 0.6) is 0 Å². The molecule has 0 radical (unpaired) electrons. The Morgan fingerprint density at radius 1 is 1.17 bits per heavy atom. The molecule has 150 valence electrons. The fourth-order valence-corrected chi connectivity index (χ4v) is 4.36. The van der Waals surface area contributed by atoms with Crippen LogP contribution >= 0.6 is 0 Å². The van der Waals surface area contributed by atoms with Gasteiger partial charge in [0, 0.05) is 37.9 Å². The van der Waals surface area contributed by atoms with E-state index in [1.807, 2.05) is 24.4 Å². The highest BCUT2D eigenvalue weighted by Gasteiger charge is 2.24. The third-order valence-corrected chi connectivity index (χ3v) is 6.13. The lowest BCUT2D eigenvalue weighted by Gasteiger charge is -2.33. The van der Waals surface area contributed by atoms with Crippen molar-refractivity contribution in [2.24, 2.45) is 0 Å². The number of aryl methyl sites for hydroxylation is 1. The lowest BCUT2D eigenvalue weighted by atomic mass is 10.1. The van der Waals surface area contributed by atoms with Gasteiger partial charge in [0.1, 0.15) is 0 Å². The van der Waals surface area contributed by atoms with Crippen LogP contribution in [0.1, 0.15) is 40.9 Å². The first kappa shape index (κ1) is 18.1. The predicted octanol–water partition coefficient (Wildman–Crippen LogP) is 2.29. The van der Waals surface area contributed by atoms with Gasteiger partial charge in [0.25, 0.3) is 5.91 Å². The number of carbonyl (C=O) groups excluding carboxylic acids is 1. The van der Waals surface area contributed by atoms with Crippen molar-refractivity contribution in [2.75, 3.05) is 37.6 Å². The first-order valence-corrected chi connectivity index (χ1v) is 10.4. The normalized spacial score (nSPS) is 19.5. The summed E-state index contributed by atoms with van der Waals surface area (Å²) in [5.41, 5.74) is 3.89. The first-order chi connectivity index (χ1) is 14.2. The average molecular weight is 390 g/mol. The molecule has 7 heteroatoms. The molecule has 1 aliphatic heterocycles. The van der Waals surface area contributed by atoms with E-state index in [9.17, 15) is 4.79 Å². The average Bonchev–Trinajstić information content (AvgIpc) is 3.37.